The van der Waals surface area contributed by atoms with E-state index in [0.29, 0.717) is 16.6 Å². The fraction of sp³-hybridized carbons (Fsp3) is 0.182. The number of fused-ring (bicyclic) bond motifs is 4. The van der Waals surface area contributed by atoms with Crippen LogP contribution in [0.3, 0.4) is 0 Å². The lowest BCUT2D eigenvalue weighted by atomic mass is 9.89. The van der Waals surface area contributed by atoms with Gasteiger partial charge in [0.15, 0.2) is 0 Å². The van der Waals surface area contributed by atoms with Crippen molar-refractivity contribution in [2.75, 3.05) is 10.0 Å². The summed E-state index contributed by atoms with van der Waals surface area (Å²) in [5.74, 6) is 11.2. The van der Waals surface area contributed by atoms with E-state index < -0.39 is 14.2 Å². The number of hydrogen-bond donors (Lipinski definition) is 2. The molecule has 0 spiro atoms. The molecule has 6 heteroatoms. The number of para-hydroxylation sites is 2. The van der Waals surface area contributed by atoms with Crippen molar-refractivity contribution in [3.8, 4) is 23.3 Å². The first kappa shape index (κ1) is 39.8. The van der Waals surface area contributed by atoms with Crippen molar-refractivity contribution in [3.05, 3.63) is 180 Å². The zero-order chi connectivity index (χ0) is 42.3. The minimum Gasteiger partial charge on any atom is -0.245 e. The number of urea groups is 1. The first-order valence-electron chi connectivity index (χ1n) is 21.3. The molecule has 1 saturated heterocycles. The van der Waals surface area contributed by atoms with Gasteiger partial charge in [-0.2, -0.15) is 0 Å². The van der Waals surface area contributed by atoms with Gasteiger partial charge in [-0.15, -0.1) is 5.54 Å². The van der Waals surface area contributed by atoms with Crippen LogP contribution in [0, 0.1) is 23.3 Å². The van der Waals surface area contributed by atoms with Crippen LogP contribution in [0.25, 0.3) is 43.1 Å². The zero-order valence-corrected chi connectivity index (χ0v) is 36.6. The van der Waals surface area contributed by atoms with Crippen molar-refractivity contribution >= 4 is 68.6 Å². The van der Waals surface area contributed by atoms with Gasteiger partial charge in [0.1, 0.15) is 14.2 Å². The van der Waals surface area contributed by atoms with Crippen molar-refractivity contribution in [1.29, 1.82) is 0 Å². The van der Waals surface area contributed by atoms with E-state index in [9.17, 15) is 4.79 Å². The molecular weight excluding hydrogens is 761 g/mol. The largest absolute Gasteiger partial charge is 0.358 e. The molecule has 0 aliphatic carbocycles. The maximum atomic E-state index is 13.8. The molecule has 0 saturated carbocycles. The second-order valence-corrected chi connectivity index (χ2v) is 22.7. The maximum Gasteiger partial charge on any atom is 0.358 e. The van der Waals surface area contributed by atoms with Gasteiger partial charge in [-0.1, -0.05) is 156 Å². The third-order valence-electron chi connectivity index (χ3n) is 12.6. The summed E-state index contributed by atoms with van der Waals surface area (Å²) in [5.41, 5.74) is 17.9. The fourth-order valence-corrected chi connectivity index (χ4v) is 14.7. The molecule has 1 aliphatic heterocycles. The van der Waals surface area contributed by atoms with Gasteiger partial charge in [0, 0.05) is 16.7 Å². The molecule has 2 amide bonds. The number of nitrogens with one attached hydrogen (secondary N) is 2. The molecule has 0 radical (unpaired) electrons. The molecule has 9 rings (SSSR count). The van der Waals surface area contributed by atoms with Gasteiger partial charge in [0.2, 0.25) is 0 Å². The number of rotatable bonds is 6. The van der Waals surface area contributed by atoms with Gasteiger partial charge in [0.25, 0.3) is 0 Å². The summed E-state index contributed by atoms with van der Waals surface area (Å²) in [6.45, 7) is 14.3. The summed E-state index contributed by atoms with van der Waals surface area (Å²) in [6.07, 6.45) is -0.396. The van der Waals surface area contributed by atoms with Gasteiger partial charge in [-0.05, 0) is 126 Å². The van der Waals surface area contributed by atoms with Gasteiger partial charge < -0.3 is 0 Å². The molecular formula is C55H50N4OSi. The summed E-state index contributed by atoms with van der Waals surface area (Å²) < 4.78 is 0. The number of carbonyl (C=O) groups is 1. The quantitative estimate of drug-likeness (QED) is 0.0999. The molecule has 1 aliphatic rings. The number of benzene rings is 8. The zero-order valence-electron chi connectivity index (χ0n) is 35.6. The van der Waals surface area contributed by atoms with E-state index in [1.54, 1.807) is 10.0 Å². The predicted molar refractivity (Wildman–Crippen MR) is 259 cm³/mol. The lowest BCUT2D eigenvalue weighted by Crippen LogP contribution is -2.65. The lowest BCUT2D eigenvalue weighted by molar-refractivity contribution is 0.231. The van der Waals surface area contributed by atoms with Crippen LogP contribution in [0.1, 0.15) is 70.0 Å². The Labute approximate surface area is 360 Å². The highest BCUT2D eigenvalue weighted by molar-refractivity contribution is 6.90. The molecule has 0 unspecified atom stereocenters. The Balaban J connectivity index is 1.18. The highest BCUT2D eigenvalue weighted by atomic mass is 28.3. The normalized spacial score (nSPS) is 13.7. The Kier molecular flexibility index (Phi) is 10.7. The Morgan fingerprint density at radius 1 is 0.475 bits per heavy atom. The fourth-order valence-electron chi connectivity index (χ4n) is 9.54. The first-order valence-corrected chi connectivity index (χ1v) is 23.6. The summed E-state index contributed by atoms with van der Waals surface area (Å²) in [7, 11) is -2.05. The van der Waals surface area contributed by atoms with Crippen LogP contribution in [-0.2, 0) is 0 Å². The molecule has 1 heterocycles. The molecule has 0 bridgehead atoms. The Morgan fingerprint density at radius 3 is 1.25 bits per heavy atom. The molecule has 8 aromatic carbocycles. The van der Waals surface area contributed by atoms with Gasteiger partial charge in [-0.3, -0.25) is 0 Å². The molecule has 300 valence electrons. The number of carbonyl (C=O) groups excluding carboxylic acids is 1. The highest BCUT2D eigenvalue weighted by Gasteiger charge is 2.42. The van der Waals surface area contributed by atoms with Crippen LogP contribution in [0.15, 0.2) is 158 Å². The third kappa shape index (κ3) is 7.34. The standard InChI is InChI=1S/C55H50N4OSi/c1-37(2)61(38(3)4,39(5)6)32-31-49-52-35-44-19-15-13-17-42(44)33-50(52)48(51-34-43-18-14-16-20-45(43)36-53(49)51)30-27-40-25-28-41(29-26-40)54-56-58(46-21-9-7-10-22-46)55(60)59(57-54)47-23-11-8-12-24-47/h7-26,28-29,33-39,54,56-57H,1-6H3. The van der Waals surface area contributed by atoms with E-state index in [0.717, 1.165) is 55.2 Å². The van der Waals surface area contributed by atoms with E-state index in [-0.39, 0.29) is 6.03 Å². The van der Waals surface area contributed by atoms with E-state index in [1.807, 2.05) is 60.7 Å². The number of amides is 2. The molecule has 8 aromatic rings. The van der Waals surface area contributed by atoms with E-state index in [4.69, 9.17) is 0 Å². The monoisotopic (exact) mass is 810 g/mol. The van der Waals surface area contributed by atoms with Crippen LogP contribution in [-0.4, -0.2) is 14.1 Å². The Bertz CT molecular complexity index is 2890. The summed E-state index contributed by atoms with van der Waals surface area (Å²) in [4.78, 5) is 13.8. The Morgan fingerprint density at radius 2 is 0.852 bits per heavy atom. The van der Waals surface area contributed by atoms with Crippen LogP contribution >= 0.6 is 0 Å². The average Bonchev–Trinajstić information content (AvgIpc) is 3.28. The van der Waals surface area contributed by atoms with E-state index in [2.05, 4.69) is 173 Å². The topological polar surface area (TPSA) is 47.6 Å². The summed E-state index contributed by atoms with van der Waals surface area (Å²) in [6, 6.07) is 53.8. The van der Waals surface area contributed by atoms with E-state index >= 15 is 0 Å². The van der Waals surface area contributed by atoms with Crippen molar-refractivity contribution in [2.45, 2.75) is 64.3 Å². The molecule has 61 heavy (non-hydrogen) atoms. The summed E-state index contributed by atoms with van der Waals surface area (Å²) in [5, 5.41) is 12.4. The minimum atomic E-state index is -2.05. The van der Waals surface area contributed by atoms with Gasteiger partial charge in [0.05, 0.1) is 11.4 Å². The lowest BCUT2D eigenvalue weighted by Gasteiger charge is -2.41. The second-order valence-electron chi connectivity index (χ2n) is 17.1. The molecule has 2 N–H and O–H groups in total. The van der Waals surface area contributed by atoms with Crippen molar-refractivity contribution in [3.63, 3.8) is 0 Å². The predicted octanol–water partition coefficient (Wildman–Crippen LogP) is 13.4. The van der Waals surface area contributed by atoms with E-state index in [1.165, 1.54) is 21.5 Å². The second kappa shape index (κ2) is 16.4. The Hall–Kier alpha value is -6.67. The first-order chi connectivity index (χ1) is 29.6. The van der Waals surface area contributed by atoms with Gasteiger partial charge in [-0.25, -0.2) is 25.7 Å². The van der Waals surface area contributed by atoms with Crippen LogP contribution in [0.5, 0.6) is 0 Å². The minimum absolute atomic E-state index is 0.227. The number of hydrogen-bond acceptors (Lipinski definition) is 3. The molecule has 0 aromatic heterocycles. The molecule has 0 atom stereocenters. The van der Waals surface area contributed by atoms with Crippen molar-refractivity contribution in [1.82, 2.24) is 10.9 Å². The third-order valence-corrected chi connectivity index (χ3v) is 18.9. The SMILES string of the molecule is CC(C)[Si](C#Cc1c2cc3ccccc3cc2c(C#Cc2ccc(C3NN(c4ccccc4)C(=O)N(c4ccccc4)N3)cc2)c2cc3ccccc3cc12)(C(C)C)C(C)C. The number of nitrogens with zero attached hydrogens (tertiary/aromatic N) is 2. The van der Waals surface area contributed by atoms with Crippen LogP contribution in [0.4, 0.5) is 16.2 Å². The number of hydrazine groups is 2. The van der Waals surface area contributed by atoms with Crippen molar-refractivity contribution < 1.29 is 4.79 Å². The maximum absolute atomic E-state index is 13.8. The molecule has 5 nitrogen and oxygen atoms in total. The highest BCUT2D eigenvalue weighted by Crippen LogP contribution is 2.42. The smallest absolute Gasteiger partial charge is 0.245 e. The molecule has 1 fully saturated rings. The summed E-state index contributed by atoms with van der Waals surface area (Å²) >= 11 is 0. The van der Waals surface area contributed by atoms with Crippen LogP contribution in [0.2, 0.25) is 16.6 Å². The van der Waals surface area contributed by atoms with Crippen LogP contribution < -0.4 is 20.9 Å². The van der Waals surface area contributed by atoms with Crippen molar-refractivity contribution in [2.24, 2.45) is 0 Å². The van der Waals surface area contributed by atoms with Gasteiger partial charge >= 0.3 is 6.03 Å². The average molecular weight is 811 g/mol. The number of anilines is 2.